The monoisotopic (exact) mass is 200 g/mol. The van der Waals surface area contributed by atoms with Crippen LogP contribution in [0.1, 0.15) is 5.56 Å². The van der Waals surface area contributed by atoms with Crippen LogP contribution in [-0.2, 0) is 7.05 Å². The summed E-state index contributed by atoms with van der Waals surface area (Å²) in [4.78, 5) is 16.0. The molecule has 0 atom stereocenters. The second kappa shape index (κ2) is 3.69. The number of benzene rings is 1. The van der Waals surface area contributed by atoms with E-state index in [9.17, 15) is 4.79 Å². The number of hydrogen-bond acceptors (Lipinski definition) is 2. The molecule has 0 unspecified atom stereocenters. The maximum Gasteiger partial charge on any atom is 0.256 e. The summed E-state index contributed by atoms with van der Waals surface area (Å²) in [7, 11) is 1.74. The molecule has 2 rings (SSSR count). The van der Waals surface area contributed by atoms with Gasteiger partial charge in [-0.2, -0.15) is 0 Å². The molecule has 0 N–H and O–H groups in total. The van der Waals surface area contributed by atoms with E-state index >= 15 is 0 Å². The zero-order valence-electron chi connectivity index (χ0n) is 8.77. The Hall–Kier alpha value is -1.90. The first-order valence-corrected chi connectivity index (χ1v) is 4.78. The van der Waals surface area contributed by atoms with Crippen LogP contribution in [0.2, 0.25) is 0 Å². The van der Waals surface area contributed by atoms with E-state index in [1.807, 2.05) is 30.3 Å². The van der Waals surface area contributed by atoms with Crippen LogP contribution in [0.15, 0.2) is 41.3 Å². The Morgan fingerprint density at radius 2 is 1.87 bits per heavy atom. The fourth-order valence-electron chi connectivity index (χ4n) is 1.52. The zero-order chi connectivity index (χ0) is 10.8. The van der Waals surface area contributed by atoms with Crippen LogP contribution >= 0.6 is 0 Å². The lowest BCUT2D eigenvalue weighted by Gasteiger charge is -2.07. The molecular weight excluding hydrogens is 188 g/mol. The van der Waals surface area contributed by atoms with Gasteiger partial charge in [-0.15, -0.1) is 0 Å². The minimum Gasteiger partial charge on any atom is -0.296 e. The van der Waals surface area contributed by atoms with Crippen LogP contribution in [0.25, 0.3) is 11.4 Å². The molecule has 0 aliphatic heterocycles. The van der Waals surface area contributed by atoms with Gasteiger partial charge in [-0.05, 0) is 6.92 Å². The SMILES string of the molecule is Cc1cnc(-c2ccccc2)n(C)c1=O. The van der Waals surface area contributed by atoms with E-state index in [-0.39, 0.29) is 5.56 Å². The predicted molar refractivity (Wildman–Crippen MR) is 59.7 cm³/mol. The van der Waals surface area contributed by atoms with Crippen molar-refractivity contribution in [1.29, 1.82) is 0 Å². The van der Waals surface area contributed by atoms with E-state index in [1.54, 1.807) is 24.7 Å². The molecule has 1 heterocycles. The molecule has 2 aromatic rings. The standard InChI is InChI=1S/C12H12N2O/c1-9-8-13-11(14(2)12(9)15)10-6-4-3-5-7-10/h3-8H,1-2H3. The molecule has 76 valence electrons. The highest BCUT2D eigenvalue weighted by Gasteiger charge is 2.05. The van der Waals surface area contributed by atoms with Crippen molar-refractivity contribution in [3.63, 3.8) is 0 Å². The molecule has 0 spiro atoms. The number of aromatic nitrogens is 2. The summed E-state index contributed by atoms with van der Waals surface area (Å²) in [5, 5.41) is 0. The first-order chi connectivity index (χ1) is 7.20. The minimum absolute atomic E-state index is 0.00357. The van der Waals surface area contributed by atoms with Gasteiger partial charge in [-0.25, -0.2) is 4.98 Å². The Balaban J connectivity index is 2.66. The molecule has 3 heteroatoms. The van der Waals surface area contributed by atoms with Crippen LogP contribution in [0.3, 0.4) is 0 Å². The smallest absolute Gasteiger partial charge is 0.256 e. The van der Waals surface area contributed by atoms with Gasteiger partial charge in [0.1, 0.15) is 5.82 Å². The van der Waals surface area contributed by atoms with Crippen LogP contribution in [-0.4, -0.2) is 9.55 Å². The minimum atomic E-state index is 0.00357. The van der Waals surface area contributed by atoms with Crippen molar-refractivity contribution in [2.75, 3.05) is 0 Å². The highest BCUT2D eigenvalue weighted by Crippen LogP contribution is 2.13. The largest absolute Gasteiger partial charge is 0.296 e. The summed E-state index contributed by atoms with van der Waals surface area (Å²) in [6.07, 6.45) is 1.62. The Morgan fingerprint density at radius 3 is 2.53 bits per heavy atom. The van der Waals surface area contributed by atoms with E-state index in [0.29, 0.717) is 11.4 Å². The van der Waals surface area contributed by atoms with Gasteiger partial charge in [0.15, 0.2) is 0 Å². The Labute approximate surface area is 88.0 Å². The molecule has 0 fully saturated rings. The molecule has 15 heavy (non-hydrogen) atoms. The van der Waals surface area contributed by atoms with Crippen molar-refractivity contribution in [3.05, 3.63) is 52.4 Å². The first-order valence-electron chi connectivity index (χ1n) is 4.78. The molecule has 1 aromatic carbocycles. The lowest BCUT2D eigenvalue weighted by Crippen LogP contribution is -2.21. The van der Waals surface area contributed by atoms with E-state index in [2.05, 4.69) is 4.98 Å². The van der Waals surface area contributed by atoms with Gasteiger partial charge >= 0.3 is 0 Å². The van der Waals surface area contributed by atoms with Crippen molar-refractivity contribution in [2.45, 2.75) is 6.92 Å². The topological polar surface area (TPSA) is 34.9 Å². The molecule has 3 nitrogen and oxygen atoms in total. The second-order valence-corrected chi connectivity index (χ2v) is 3.50. The molecule has 0 aliphatic rings. The van der Waals surface area contributed by atoms with Gasteiger partial charge in [0.05, 0.1) is 0 Å². The van der Waals surface area contributed by atoms with E-state index in [4.69, 9.17) is 0 Å². The molecule has 0 saturated carbocycles. The number of nitrogens with zero attached hydrogens (tertiary/aromatic N) is 2. The van der Waals surface area contributed by atoms with Gasteiger partial charge < -0.3 is 0 Å². The van der Waals surface area contributed by atoms with Gasteiger partial charge in [0, 0.05) is 24.4 Å². The molecule has 0 radical (unpaired) electrons. The van der Waals surface area contributed by atoms with E-state index < -0.39 is 0 Å². The maximum atomic E-state index is 11.7. The molecule has 0 aliphatic carbocycles. The lowest BCUT2D eigenvalue weighted by molar-refractivity contribution is 0.825. The van der Waals surface area contributed by atoms with Crippen molar-refractivity contribution in [2.24, 2.45) is 7.05 Å². The third kappa shape index (κ3) is 1.68. The van der Waals surface area contributed by atoms with Crippen LogP contribution in [0.4, 0.5) is 0 Å². The maximum absolute atomic E-state index is 11.7. The Bertz CT molecular complexity index is 529. The van der Waals surface area contributed by atoms with Gasteiger partial charge in [-0.1, -0.05) is 30.3 Å². The van der Waals surface area contributed by atoms with Gasteiger partial charge in [-0.3, -0.25) is 9.36 Å². The van der Waals surface area contributed by atoms with Gasteiger partial charge in [0.2, 0.25) is 0 Å². The van der Waals surface area contributed by atoms with E-state index in [0.717, 1.165) is 5.56 Å². The summed E-state index contributed by atoms with van der Waals surface area (Å²) < 4.78 is 1.57. The molecule has 0 amide bonds. The molecular formula is C12H12N2O. The number of hydrogen-bond donors (Lipinski definition) is 0. The third-order valence-electron chi connectivity index (χ3n) is 2.37. The summed E-state index contributed by atoms with van der Waals surface area (Å²) in [5.74, 6) is 0.700. The lowest BCUT2D eigenvalue weighted by atomic mass is 10.2. The fraction of sp³-hybridized carbons (Fsp3) is 0.167. The van der Waals surface area contributed by atoms with Crippen molar-refractivity contribution >= 4 is 0 Å². The molecule has 1 aromatic heterocycles. The predicted octanol–water partition coefficient (Wildman–Crippen LogP) is 1.76. The number of rotatable bonds is 1. The normalized spacial score (nSPS) is 10.3. The third-order valence-corrected chi connectivity index (χ3v) is 2.37. The van der Waals surface area contributed by atoms with Crippen molar-refractivity contribution in [3.8, 4) is 11.4 Å². The van der Waals surface area contributed by atoms with Crippen molar-refractivity contribution < 1.29 is 0 Å². The van der Waals surface area contributed by atoms with Crippen LogP contribution in [0.5, 0.6) is 0 Å². The highest BCUT2D eigenvalue weighted by atomic mass is 16.1. The summed E-state index contributed by atoms with van der Waals surface area (Å²) in [6.45, 7) is 1.77. The average molecular weight is 200 g/mol. The summed E-state index contributed by atoms with van der Waals surface area (Å²) in [5.41, 5.74) is 1.62. The number of aryl methyl sites for hydroxylation is 1. The van der Waals surface area contributed by atoms with Crippen LogP contribution < -0.4 is 5.56 Å². The summed E-state index contributed by atoms with van der Waals surface area (Å²) >= 11 is 0. The zero-order valence-corrected chi connectivity index (χ0v) is 8.77. The Kier molecular flexibility index (Phi) is 2.37. The van der Waals surface area contributed by atoms with Crippen molar-refractivity contribution in [1.82, 2.24) is 9.55 Å². The average Bonchev–Trinajstić information content (AvgIpc) is 2.27. The van der Waals surface area contributed by atoms with Crippen LogP contribution in [0, 0.1) is 6.92 Å². The Morgan fingerprint density at radius 1 is 1.20 bits per heavy atom. The fourth-order valence-corrected chi connectivity index (χ4v) is 1.52. The second-order valence-electron chi connectivity index (χ2n) is 3.50. The van der Waals surface area contributed by atoms with E-state index in [1.165, 1.54) is 0 Å². The molecule has 0 saturated heterocycles. The first kappa shape index (κ1) is 9.65. The quantitative estimate of drug-likeness (QED) is 0.703. The van der Waals surface area contributed by atoms with Gasteiger partial charge in [0.25, 0.3) is 5.56 Å². The summed E-state index contributed by atoms with van der Waals surface area (Å²) in [6, 6.07) is 9.69. The molecule has 0 bridgehead atoms. The highest BCUT2D eigenvalue weighted by molar-refractivity contribution is 5.54.